The molecule has 1 aliphatic heterocycles. The molecule has 140 valence electrons. The number of hydrogen-bond donors (Lipinski definition) is 2. The van der Waals surface area contributed by atoms with Gasteiger partial charge in [0.1, 0.15) is 0 Å². The predicted molar refractivity (Wildman–Crippen MR) is 109 cm³/mol. The molecule has 0 radical (unpaired) electrons. The zero-order chi connectivity index (χ0) is 18.5. The highest BCUT2D eigenvalue weighted by Gasteiger charge is 2.22. The Morgan fingerprint density at radius 3 is 2.96 bits per heavy atom. The van der Waals surface area contributed by atoms with E-state index in [0.29, 0.717) is 5.92 Å². The quantitative estimate of drug-likeness (QED) is 0.684. The van der Waals surface area contributed by atoms with Crippen molar-refractivity contribution in [3.63, 3.8) is 0 Å². The highest BCUT2D eigenvalue weighted by Crippen LogP contribution is 2.24. The van der Waals surface area contributed by atoms with Crippen LogP contribution in [0.3, 0.4) is 0 Å². The fourth-order valence-electron chi connectivity index (χ4n) is 3.72. The summed E-state index contributed by atoms with van der Waals surface area (Å²) in [6.07, 6.45) is 4.26. The first-order valence-electron chi connectivity index (χ1n) is 9.41. The van der Waals surface area contributed by atoms with Gasteiger partial charge >= 0.3 is 0 Å². The van der Waals surface area contributed by atoms with Crippen LogP contribution in [0.2, 0.25) is 0 Å². The summed E-state index contributed by atoms with van der Waals surface area (Å²) in [4.78, 5) is 15.4. The van der Waals surface area contributed by atoms with Crippen LogP contribution in [-0.4, -0.2) is 40.6 Å². The van der Waals surface area contributed by atoms with Crippen LogP contribution >= 0.6 is 11.3 Å². The number of rotatable bonds is 6. The van der Waals surface area contributed by atoms with E-state index in [0.717, 1.165) is 49.6 Å². The number of H-pyrrole nitrogens is 1. The minimum Gasteiger partial charge on any atom is -0.351 e. The fourth-order valence-corrected chi connectivity index (χ4v) is 4.36. The predicted octanol–water partition coefficient (Wildman–Crippen LogP) is 3.78. The minimum atomic E-state index is 0.0447. The van der Waals surface area contributed by atoms with Gasteiger partial charge in [0.2, 0.25) is 0 Å². The standard InChI is InChI=1S/C21H24N4OS/c26-21(19-9-5-11-27-19)22-12-16-6-4-10-25(14-16)15-18-13-23-24-20(18)17-7-2-1-3-8-17/h1-3,5,7-9,11,13,16H,4,6,10,12,14-15H2,(H,22,26)(H,23,24)/t16-/m1/s1. The molecule has 6 heteroatoms. The van der Waals surface area contributed by atoms with Crippen LogP contribution in [-0.2, 0) is 6.54 Å². The van der Waals surface area contributed by atoms with Gasteiger partial charge in [-0.15, -0.1) is 11.3 Å². The van der Waals surface area contributed by atoms with Crippen molar-refractivity contribution in [3.05, 3.63) is 64.5 Å². The number of nitrogens with one attached hydrogen (secondary N) is 2. The Morgan fingerprint density at radius 2 is 2.15 bits per heavy atom. The van der Waals surface area contributed by atoms with Gasteiger partial charge in [-0.2, -0.15) is 5.10 Å². The minimum absolute atomic E-state index is 0.0447. The molecule has 3 heterocycles. The van der Waals surface area contributed by atoms with Gasteiger partial charge in [0.05, 0.1) is 16.8 Å². The third-order valence-corrected chi connectivity index (χ3v) is 5.94. The van der Waals surface area contributed by atoms with Crippen molar-refractivity contribution in [2.75, 3.05) is 19.6 Å². The first-order valence-corrected chi connectivity index (χ1v) is 10.3. The smallest absolute Gasteiger partial charge is 0.261 e. The van der Waals surface area contributed by atoms with Crippen molar-refractivity contribution in [2.45, 2.75) is 19.4 Å². The van der Waals surface area contributed by atoms with Gasteiger partial charge in [-0.3, -0.25) is 14.8 Å². The zero-order valence-electron chi connectivity index (χ0n) is 15.2. The maximum atomic E-state index is 12.2. The van der Waals surface area contributed by atoms with Gasteiger partial charge < -0.3 is 5.32 Å². The normalized spacial score (nSPS) is 17.7. The Labute approximate surface area is 163 Å². The topological polar surface area (TPSA) is 61.0 Å². The molecule has 0 bridgehead atoms. The van der Waals surface area contributed by atoms with Crippen LogP contribution < -0.4 is 5.32 Å². The van der Waals surface area contributed by atoms with E-state index in [9.17, 15) is 4.79 Å². The molecule has 2 N–H and O–H groups in total. The summed E-state index contributed by atoms with van der Waals surface area (Å²) in [5, 5.41) is 12.4. The average Bonchev–Trinajstić information content (AvgIpc) is 3.39. The van der Waals surface area contributed by atoms with Crippen LogP contribution in [0.5, 0.6) is 0 Å². The SMILES string of the molecule is O=C(NC[C@H]1CCCN(Cc2cn[nH]c2-c2ccccc2)C1)c1cccs1. The van der Waals surface area contributed by atoms with Gasteiger partial charge in [0.25, 0.3) is 5.91 Å². The summed E-state index contributed by atoms with van der Waals surface area (Å²) in [6, 6.07) is 14.1. The zero-order valence-corrected chi connectivity index (χ0v) is 16.0. The van der Waals surface area contributed by atoms with E-state index < -0.39 is 0 Å². The summed E-state index contributed by atoms with van der Waals surface area (Å²) in [5.41, 5.74) is 3.50. The van der Waals surface area contributed by atoms with Crippen molar-refractivity contribution in [3.8, 4) is 11.3 Å². The monoisotopic (exact) mass is 380 g/mol. The number of nitrogens with zero attached hydrogens (tertiary/aromatic N) is 2. The van der Waals surface area contributed by atoms with Crippen LogP contribution in [0.15, 0.2) is 54.0 Å². The van der Waals surface area contributed by atoms with Crippen LogP contribution in [0, 0.1) is 5.92 Å². The summed E-state index contributed by atoms with van der Waals surface area (Å²) < 4.78 is 0. The van der Waals surface area contributed by atoms with E-state index in [4.69, 9.17) is 0 Å². The fraction of sp³-hybridized carbons (Fsp3) is 0.333. The van der Waals surface area contributed by atoms with Crippen molar-refractivity contribution >= 4 is 17.2 Å². The van der Waals surface area contributed by atoms with E-state index in [2.05, 4.69) is 32.5 Å². The number of aromatic amines is 1. The molecular formula is C21H24N4OS. The van der Waals surface area contributed by atoms with Gasteiger partial charge in [0, 0.05) is 25.2 Å². The number of carbonyl (C=O) groups excluding carboxylic acids is 1. The molecular weight excluding hydrogens is 356 g/mol. The lowest BCUT2D eigenvalue weighted by Crippen LogP contribution is -2.40. The number of amides is 1. The van der Waals surface area contributed by atoms with Crippen molar-refractivity contribution < 1.29 is 4.79 Å². The maximum Gasteiger partial charge on any atom is 0.261 e. The summed E-state index contributed by atoms with van der Waals surface area (Å²) in [7, 11) is 0. The molecule has 2 aromatic heterocycles. The second-order valence-corrected chi connectivity index (χ2v) is 8.01. The number of likely N-dealkylation sites (tertiary alicyclic amines) is 1. The molecule has 1 atom stereocenters. The first kappa shape index (κ1) is 17.9. The van der Waals surface area contributed by atoms with Gasteiger partial charge in [-0.1, -0.05) is 36.4 Å². The Bertz CT molecular complexity index is 859. The lowest BCUT2D eigenvalue weighted by atomic mass is 9.97. The Kier molecular flexibility index (Phi) is 5.65. The van der Waals surface area contributed by atoms with Crippen molar-refractivity contribution in [2.24, 2.45) is 5.92 Å². The summed E-state index contributed by atoms with van der Waals surface area (Å²) >= 11 is 1.49. The molecule has 5 nitrogen and oxygen atoms in total. The van der Waals surface area contributed by atoms with E-state index in [-0.39, 0.29) is 5.91 Å². The van der Waals surface area contributed by atoms with E-state index in [1.807, 2.05) is 41.9 Å². The molecule has 0 aliphatic carbocycles. The highest BCUT2D eigenvalue weighted by molar-refractivity contribution is 7.12. The van der Waals surface area contributed by atoms with Crippen molar-refractivity contribution in [1.29, 1.82) is 0 Å². The van der Waals surface area contributed by atoms with Crippen LogP contribution in [0.1, 0.15) is 28.1 Å². The third kappa shape index (κ3) is 4.46. The lowest BCUT2D eigenvalue weighted by molar-refractivity contribution is 0.0934. The van der Waals surface area contributed by atoms with Crippen LogP contribution in [0.4, 0.5) is 0 Å². The number of piperidine rings is 1. The molecule has 0 saturated carbocycles. The molecule has 1 saturated heterocycles. The van der Waals surface area contributed by atoms with Crippen molar-refractivity contribution in [1.82, 2.24) is 20.4 Å². The molecule has 1 aromatic carbocycles. The molecule has 0 unspecified atom stereocenters. The Balaban J connectivity index is 1.34. The molecule has 3 aromatic rings. The number of benzene rings is 1. The number of aromatic nitrogens is 2. The van der Waals surface area contributed by atoms with E-state index >= 15 is 0 Å². The van der Waals surface area contributed by atoms with Crippen LogP contribution in [0.25, 0.3) is 11.3 Å². The summed E-state index contributed by atoms with van der Waals surface area (Å²) in [5.74, 6) is 0.540. The Hall–Kier alpha value is -2.44. The first-order chi connectivity index (χ1) is 13.3. The van der Waals surface area contributed by atoms with Gasteiger partial charge in [0.15, 0.2) is 0 Å². The van der Waals surface area contributed by atoms with E-state index in [1.165, 1.54) is 22.5 Å². The van der Waals surface area contributed by atoms with Gasteiger partial charge in [-0.05, 0) is 42.3 Å². The lowest BCUT2D eigenvalue weighted by Gasteiger charge is -2.32. The number of carbonyl (C=O) groups is 1. The molecule has 0 spiro atoms. The highest BCUT2D eigenvalue weighted by atomic mass is 32.1. The number of hydrogen-bond acceptors (Lipinski definition) is 4. The third-order valence-electron chi connectivity index (χ3n) is 5.07. The molecule has 27 heavy (non-hydrogen) atoms. The molecule has 1 amide bonds. The maximum absolute atomic E-state index is 12.2. The molecule has 1 aliphatic rings. The molecule has 4 rings (SSSR count). The summed E-state index contributed by atoms with van der Waals surface area (Å²) in [6.45, 7) is 3.72. The second-order valence-electron chi connectivity index (χ2n) is 7.07. The second kappa shape index (κ2) is 8.50. The molecule has 1 fully saturated rings. The average molecular weight is 381 g/mol. The van der Waals surface area contributed by atoms with E-state index in [1.54, 1.807) is 0 Å². The Morgan fingerprint density at radius 1 is 1.26 bits per heavy atom. The largest absolute Gasteiger partial charge is 0.351 e. The van der Waals surface area contributed by atoms with Gasteiger partial charge in [-0.25, -0.2) is 0 Å². The number of thiophene rings is 1.